The van der Waals surface area contributed by atoms with Crippen molar-refractivity contribution in [2.45, 2.75) is 13.8 Å². The molecule has 2 aromatic carbocycles. The van der Waals surface area contributed by atoms with E-state index in [1.54, 1.807) is 44.2 Å². The summed E-state index contributed by atoms with van der Waals surface area (Å²) in [6.07, 6.45) is 2.78. The minimum atomic E-state index is -0.506. The molecule has 0 unspecified atom stereocenters. The lowest BCUT2D eigenvalue weighted by Gasteiger charge is -2.13. The Balaban J connectivity index is 1.96. The highest BCUT2D eigenvalue weighted by Crippen LogP contribution is 2.23. The second-order valence-electron chi connectivity index (χ2n) is 6.58. The van der Waals surface area contributed by atoms with Gasteiger partial charge in [0.15, 0.2) is 11.4 Å². The summed E-state index contributed by atoms with van der Waals surface area (Å²) in [4.78, 5) is 13.0. The van der Waals surface area contributed by atoms with Crippen molar-refractivity contribution in [3.63, 3.8) is 0 Å². The van der Waals surface area contributed by atoms with E-state index in [2.05, 4.69) is 10.2 Å². The molecule has 0 aliphatic rings. The summed E-state index contributed by atoms with van der Waals surface area (Å²) in [5.41, 5.74) is 0.779. The third-order valence-corrected chi connectivity index (χ3v) is 4.50. The third kappa shape index (κ3) is 3.47. The third-order valence-electron chi connectivity index (χ3n) is 4.50. The quantitative estimate of drug-likeness (QED) is 0.499. The number of hydrogen-bond donors (Lipinski definition) is 0. The van der Waals surface area contributed by atoms with Crippen LogP contribution >= 0.6 is 0 Å². The maximum Gasteiger partial charge on any atom is 0.251 e. The molecule has 0 aliphatic heterocycles. The molecular formula is C22H18F2N4O2. The van der Waals surface area contributed by atoms with E-state index in [9.17, 15) is 13.6 Å². The molecule has 0 fully saturated rings. The average Bonchev–Trinajstić information content (AvgIpc) is 3.19. The molecule has 0 radical (unpaired) electrons. The topological polar surface area (TPSA) is 61.9 Å². The van der Waals surface area contributed by atoms with Gasteiger partial charge in [-0.2, -0.15) is 10.2 Å². The Morgan fingerprint density at radius 2 is 1.83 bits per heavy atom. The predicted octanol–water partition coefficient (Wildman–Crippen LogP) is 4.07. The van der Waals surface area contributed by atoms with Gasteiger partial charge in [0.05, 0.1) is 24.7 Å². The van der Waals surface area contributed by atoms with Gasteiger partial charge in [0.2, 0.25) is 0 Å². The number of hydrogen-bond acceptors (Lipinski definition) is 4. The van der Waals surface area contributed by atoms with Gasteiger partial charge in [0, 0.05) is 0 Å². The Labute approximate surface area is 171 Å². The van der Waals surface area contributed by atoms with Crippen LogP contribution in [0.3, 0.4) is 0 Å². The lowest BCUT2D eigenvalue weighted by atomic mass is 10.2. The first-order valence-corrected chi connectivity index (χ1v) is 9.32. The lowest BCUT2D eigenvalue weighted by Crippen LogP contribution is -2.19. The summed E-state index contributed by atoms with van der Waals surface area (Å²) in [5.74, 6) is -1.00. The number of halogens is 2. The molecule has 0 spiro atoms. The van der Waals surface area contributed by atoms with Crippen molar-refractivity contribution in [1.82, 2.24) is 19.6 Å². The van der Waals surface area contributed by atoms with Crippen LogP contribution in [-0.4, -0.2) is 26.2 Å². The molecule has 2 aromatic heterocycles. The Hall–Kier alpha value is -3.81. The summed E-state index contributed by atoms with van der Waals surface area (Å²) in [5, 5.41) is 8.48. The maximum atomic E-state index is 14.6. The molecule has 4 rings (SSSR count). The van der Waals surface area contributed by atoms with Crippen LogP contribution in [0.15, 0.2) is 65.7 Å². The number of nitrogens with zero attached hydrogens (tertiary/aromatic N) is 4. The molecule has 4 aromatic rings. The maximum absolute atomic E-state index is 14.6. The molecule has 6 nitrogen and oxygen atoms in total. The minimum Gasteiger partial charge on any atom is -0.488 e. The first-order valence-electron chi connectivity index (χ1n) is 9.32. The number of para-hydroxylation sites is 1. The van der Waals surface area contributed by atoms with Crippen LogP contribution in [0.25, 0.3) is 22.8 Å². The Morgan fingerprint density at radius 3 is 2.57 bits per heavy atom. The highest BCUT2D eigenvalue weighted by molar-refractivity contribution is 5.59. The molecule has 0 bridgehead atoms. The fraction of sp³-hybridized carbons (Fsp3) is 0.136. The molecule has 8 heteroatoms. The second kappa shape index (κ2) is 7.90. The standard InChI is InChI=1S/C22H18F2N4O2/c1-3-30-20-13-27(17-9-8-14(2)12-16(17)24)26-21(22(20)29)19-10-11-25-28(19)18-7-5-4-6-15(18)23/h4-13H,3H2,1-2H3. The van der Waals surface area contributed by atoms with E-state index < -0.39 is 17.1 Å². The van der Waals surface area contributed by atoms with Crippen molar-refractivity contribution >= 4 is 0 Å². The Kier molecular flexibility index (Phi) is 5.14. The number of aromatic nitrogens is 4. The SMILES string of the molecule is CCOc1cn(-c2ccc(C)cc2F)nc(-c2ccnn2-c2ccccc2F)c1=O. The van der Waals surface area contributed by atoms with E-state index in [4.69, 9.17) is 4.74 Å². The van der Waals surface area contributed by atoms with Crippen molar-refractivity contribution < 1.29 is 13.5 Å². The van der Waals surface area contributed by atoms with Crippen molar-refractivity contribution in [1.29, 1.82) is 0 Å². The summed E-state index contributed by atoms with van der Waals surface area (Å²) in [7, 11) is 0. The van der Waals surface area contributed by atoms with E-state index in [-0.39, 0.29) is 35.1 Å². The van der Waals surface area contributed by atoms with Crippen molar-refractivity contribution in [3.05, 3.63) is 88.3 Å². The number of rotatable bonds is 5. The summed E-state index contributed by atoms with van der Waals surface area (Å²) in [6.45, 7) is 3.75. The molecule has 0 saturated carbocycles. The van der Waals surface area contributed by atoms with Crippen molar-refractivity contribution in [3.8, 4) is 28.5 Å². The average molecular weight is 408 g/mol. The predicted molar refractivity (Wildman–Crippen MR) is 108 cm³/mol. The highest BCUT2D eigenvalue weighted by Gasteiger charge is 2.20. The summed E-state index contributed by atoms with van der Waals surface area (Å²) in [6, 6.07) is 12.3. The van der Waals surface area contributed by atoms with Gasteiger partial charge in [-0.3, -0.25) is 4.79 Å². The zero-order valence-electron chi connectivity index (χ0n) is 16.3. The zero-order chi connectivity index (χ0) is 21.3. The molecule has 30 heavy (non-hydrogen) atoms. The lowest BCUT2D eigenvalue weighted by molar-refractivity contribution is 0.333. The van der Waals surface area contributed by atoms with Crippen LogP contribution in [0.1, 0.15) is 12.5 Å². The van der Waals surface area contributed by atoms with Gasteiger partial charge in [-0.1, -0.05) is 18.2 Å². The van der Waals surface area contributed by atoms with Crippen LogP contribution in [-0.2, 0) is 0 Å². The smallest absolute Gasteiger partial charge is 0.251 e. The first kappa shape index (κ1) is 19.5. The Bertz CT molecular complexity index is 1280. The highest BCUT2D eigenvalue weighted by atomic mass is 19.1. The van der Waals surface area contributed by atoms with Gasteiger partial charge in [0.1, 0.15) is 23.0 Å². The molecule has 0 saturated heterocycles. The van der Waals surface area contributed by atoms with Crippen LogP contribution in [0.2, 0.25) is 0 Å². The van der Waals surface area contributed by atoms with Crippen LogP contribution < -0.4 is 10.2 Å². The minimum absolute atomic E-state index is 0.00348. The van der Waals surface area contributed by atoms with Crippen LogP contribution in [0.4, 0.5) is 8.78 Å². The number of aryl methyl sites for hydroxylation is 1. The van der Waals surface area contributed by atoms with Gasteiger partial charge in [-0.15, -0.1) is 0 Å². The van der Waals surface area contributed by atoms with E-state index in [0.29, 0.717) is 0 Å². The number of ether oxygens (including phenoxy) is 1. The Morgan fingerprint density at radius 1 is 1.03 bits per heavy atom. The molecule has 0 amide bonds. The molecule has 0 aliphatic carbocycles. The summed E-state index contributed by atoms with van der Waals surface area (Å²) >= 11 is 0. The largest absolute Gasteiger partial charge is 0.488 e. The fourth-order valence-electron chi connectivity index (χ4n) is 3.11. The van der Waals surface area contributed by atoms with E-state index in [0.717, 1.165) is 5.56 Å². The molecule has 0 atom stereocenters. The van der Waals surface area contributed by atoms with Crippen LogP contribution in [0.5, 0.6) is 5.75 Å². The summed E-state index contributed by atoms with van der Waals surface area (Å²) < 4.78 is 36.9. The van der Waals surface area contributed by atoms with E-state index >= 15 is 0 Å². The normalized spacial score (nSPS) is 10.9. The fourth-order valence-corrected chi connectivity index (χ4v) is 3.11. The van der Waals surface area contributed by atoms with Crippen LogP contribution in [0, 0.1) is 18.6 Å². The van der Waals surface area contributed by atoms with Gasteiger partial charge in [0.25, 0.3) is 5.43 Å². The van der Waals surface area contributed by atoms with Crippen molar-refractivity contribution in [2.24, 2.45) is 0 Å². The van der Waals surface area contributed by atoms with Gasteiger partial charge in [-0.05, 0) is 49.7 Å². The first-order chi connectivity index (χ1) is 14.5. The van der Waals surface area contributed by atoms with Gasteiger partial charge < -0.3 is 4.74 Å². The second-order valence-corrected chi connectivity index (χ2v) is 6.58. The molecule has 152 valence electrons. The molecule has 2 heterocycles. The monoisotopic (exact) mass is 408 g/mol. The zero-order valence-corrected chi connectivity index (χ0v) is 16.3. The van der Waals surface area contributed by atoms with Gasteiger partial charge in [-0.25, -0.2) is 18.1 Å². The van der Waals surface area contributed by atoms with Crippen molar-refractivity contribution in [2.75, 3.05) is 6.61 Å². The van der Waals surface area contributed by atoms with Gasteiger partial charge >= 0.3 is 0 Å². The molecule has 0 N–H and O–H groups in total. The van der Waals surface area contributed by atoms with E-state index in [1.165, 1.54) is 40.0 Å². The number of benzene rings is 2. The molecular weight excluding hydrogens is 390 g/mol. The van der Waals surface area contributed by atoms with E-state index in [1.807, 2.05) is 0 Å².